The van der Waals surface area contributed by atoms with E-state index in [0.717, 1.165) is 0 Å². The Hall–Kier alpha value is -1.35. The molecule has 0 radical (unpaired) electrons. The van der Waals surface area contributed by atoms with Crippen LogP contribution in [0.5, 0.6) is 0 Å². The Morgan fingerprint density at radius 1 is 1.44 bits per heavy atom. The van der Waals surface area contributed by atoms with Crippen molar-refractivity contribution in [2.75, 3.05) is 0 Å². The molecule has 0 atom stereocenters. The summed E-state index contributed by atoms with van der Waals surface area (Å²) in [4.78, 5) is 15.6. The van der Waals surface area contributed by atoms with Crippen LogP contribution in [-0.4, -0.2) is 10.8 Å². The number of fused-ring (bicyclic) bond motifs is 1. The molecular formula is C12H12ClNO2. The first-order valence-electron chi connectivity index (χ1n) is 5.10. The number of nitrogens with zero attached hydrogens (tertiary/aromatic N) is 1. The van der Waals surface area contributed by atoms with Crippen LogP contribution in [0.2, 0.25) is 5.02 Å². The molecule has 0 N–H and O–H groups in total. The van der Waals surface area contributed by atoms with E-state index in [0.29, 0.717) is 27.6 Å². The first-order chi connectivity index (χ1) is 7.49. The van der Waals surface area contributed by atoms with Gasteiger partial charge in [-0.3, -0.25) is 4.79 Å². The van der Waals surface area contributed by atoms with Crippen LogP contribution in [0, 0.1) is 0 Å². The average Bonchev–Trinajstić information content (AvgIpc) is 2.58. The van der Waals surface area contributed by atoms with E-state index in [9.17, 15) is 4.79 Å². The number of carbonyl (C=O) groups excluding carboxylic acids is 1. The third-order valence-electron chi connectivity index (χ3n) is 2.37. The minimum absolute atomic E-state index is 0.0685. The van der Waals surface area contributed by atoms with Crippen LogP contribution >= 0.6 is 11.6 Å². The van der Waals surface area contributed by atoms with Crippen molar-refractivity contribution in [1.82, 2.24) is 4.98 Å². The number of ketones is 1. The van der Waals surface area contributed by atoms with E-state index in [1.807, 2.05) is 13.8 Å². The zero-order valence-corrected chi connectivity index (χ0v) is 10.1. The topological polar surface area (TPSA) is 43.1 Å². The predicted octanol–water partition coefficient (Wildman–Crippen LogP) is 3.81. The molecule has 0 fully saturated rings. The average molecular weight is 238 g/mol. The highest BCUT2D eigenvalue weighted by molar-refractivity contribution is 6.34. The van der Waals surface area contributed by atoms with Crippen molar-refractivity contribution in [3.63, 3.8) is 0 Å². The maximum atomic E-state index is 11.3. The maximum absolute atomic E-state index is 11.3. The van der Waals surface area contributed by atoms with Crippen molar-refractivity contribution in [3.05, 3.63) is 28.6 Å². The van der Waals surface area contributed by atoms with Crippen molar-refractivity contribution in [2.24, 2.45) is 0 Å². The standard InChI is InChI=1S/C12H12ClNO2/c1-6(2)12-14-10-4-8(7(3)15)9(13)5-11(10)16-12/h4-6H,1-3H3. The molecule has 0 unspecified atom stereocenters. The van der Waals surface area contributed by atoms with Crippen molar-refractivity contribution < 1.29 is 9.21 Å². The summed E-state index contributed by atoms with van der Waals surface area (Å²) in [6.45, 7) is 5.48. The lowest BCUT2D eigenvalue weighted by Gasteiger charge is -1.97. The first-order valence-corrected chi connectivity index (χ1v) is 5.47. The number of Topliss-reactive ketones (excluding diaryl/α,β-unsaturated/α-hetero) is 1. The molecule has 0 aliphatic carbocycles. The van der Waals surface area contributed by atoms with Gasteiger partial charge < -0.3 is 4.42 Å². The Bertz CT molecular complexity index is 557. The number of aromatic nitrogens is 1. The second-order valence-corrected chi connectivity index (χ2v) is 4.47. The molecule has 84 valence electrons. The van der Waals surface area contributed by atoms with Gasteiger partial charge in [0, 0.05) is 17.5 Å². The molecule has 0 amide bonds. The number of halogens is 1. The van der Waals surface area contributed by atoms with Gasteiger partial charge in [-0.25, -0.2) is 4.98 Å². The zero-order valence-electron chi connectivity index (χ0n) is 9.37. The van der Waals surface area contributed by atoms with Gasteiger partial charge in [-0.15, -0.1) is 0 Å². The summed E-state index contributed by atoms with van der Waals surface area (Å²) < 4.78 is 5.54. The van der Waals surface area contributed by atoms with E-state index >= 15 is 0 Å². The van der Waals surface area contributed by atoms with Gasteiger partial charge in [-0.05, 0) is 13.0 Å². The third kappa shape index (κ3) is 1.83. The van der Waals surface area contributed by atoms with Crippen molar-refractivity contribution in [1.29, 1.82) is 0 Å². The lowest BCUT2D eigenvalue weighted by atomic mass is 10.1. The van der Waals surface area contributed by atoms with Crippen molar-refractivity contribution >= 4 is 28.5 Å². The maximum Gasteiger partial charge on any atom is 0.198 e. The van der Waals surface area contributed by atoms with Crippen LogP contribution in [0.1, 0.15) is 42.9 Å². The van der Waals surface area contributed by atoms with Gasteiger partial charge in [-0.2, -0.15) is 0 Å². The van der Waals surface area contributed by atoms with Crippen LogP contribution in [-0.2, 0) is 0 Å². The molecule has 0 aliphatic rings. The van der Waals surface area contributed by atoms with Crippen LogP contribution < -0.4 is 0 Å². The zero-order chi connectivity index (χ0) is 11.9. The van der Waals surface area contributed by atoms with E-state index < -0.39 is 0 Å². The third-order valence-corrected chi connectivity index (χ3v) is 2.68. The van der Waals surface area contributed by atoms with Gasteiger partial charge in [0.05, 0.1) is 5.02 Å². The van der Waals surface area contributed by atoms with Crippen LogP contribution in [0.4, 0.5) is 0 Å². The summed E-state index contributed by atoms with van der Waals surface area (Å²) in [5.74, 6) is 0.805. The normalized spacial score (nSPS) is 11.3. The van der Waals surface area contributed by atoms with E-state index in [2.05, 4.69) is 4.98 Å². The quantitative estimate of drug-likeness (QED) is 0.746. The number of oxazole rings is 1. The van der Waals surface area contributed by atoms with Crippen LogP contribution in [0.3, 0.4) is 0 Å². The monoisotopic (exact) mass is 237 g/mol. The number of benzene rings is 1. The van der Waals surface area contributed by atoms with Crippen molar-refractivity contribution in [3.8, 4) is 0 Å². The SMILES string of the molecule is CC(=O)c1cc2nc(C(C)C)oc2cc1Cl. The summed E-state index contributed by atoms with van der Waals surface area (Å²) in [5.41, 5.74) is 1.79. The summed E-state index contributed by atoms with van der Waals surface area (Å²) in [6.07, 6.45) is 0. The van der Waals surface area contributed by atoms with E-state index in [4.69, 9.17) is 16.0 Å². The second kappa shape index (κ2) is 3.91. The summed E-state index contributed by atoms with van der Waals surface area (Å²) in [7, 11) is 0. The Morgan fingerprint density at radius 3 is 2.69 bits per heavy atom. The molecule has 0 bridgehead atoms. The summed E-state index contributed by atoms with van der Waals surface area (Å²) in [6, 6.07) is 3.32. The minimum Gasteiger partial charge on any atom is -0.440 e. The Kier molecular flexibility index (Phi) is 2.72. The molecule has 0 aliphatic heterocycles. The van der Waals surface area contributed by atoms with Gasteiger partial charge in [0.15, 0.2) is 17.3 Å². The molecule has 1 aromatic carbocycles. The molecule has 4 heteroatoms. The highest BCUT2D eigenvalue weighted by Crippen LogP contribution is 2.27. The first kappa shape index (κ1) is 11.1. The van der Waals surface area contributed by atoms with E-state index in [1.165, 1.54) is 6.92 Å². The summed E-state index contributed by atoms with van der Waals surface area (Å²) >= 11 is 5.98. The smallest absolute Gasteiger partial charge is 0.198 e. The molecule has 16 heavy (non-hydrogen) atoms. The van der Waals surface area contributed by atoms with E-state index in [-0.39, 0.29) is 11.7 Å². The molecular weight excluding hydrogens is 226 g/mol. The fourth-order valence-electron chi connectivity index (χ4n) is 1.48. The molecule has 0 saturated carbocycles. The van der Waals surface area contributed by atoms with Gasteiger partial charge in [-0.1, -0.05) is 25.4 Å². The highest BCUT2D eigenvalue weighted by Gasteiger charge is 2.13. The van der Waals surface area contributed by atoms with Gasteiger partial charge in [0.1, 0.15) is 5.52 Å². The molecule has 2 aromatic rings. The van der Waals surface area contributed by atoms with E-state index in [1.54, 1.807) is 12.1 Å². The molecule has 1 heterocycles. The number of hydrogen-bond acceptors (Lipinski definition) is 3. The fourth-order valence-corrected chi connectivity index (χ4v) is 1.77. The summed E-state index contributed by atoms with van der Waals surface area (Å²) in [5, 5.41) is 0.409. The fraction of sp³-hybridized carbons (Fsp3) is 0.333. The molecule has 0 spiro atoms. The number of hydrogen-bond donors (Lipinski definition) is 0. The number of rotatable bonds is 2. The Morgan fingerprint density at radius 2 is 2.12 bits per heavy atom. The van der Waals surface area contributed by atoms with Gasteiger partial charge in [0.2, 0.25) is 0 Å². The largest absolute Gasteiger partial charge is 0.440 e. The lowest BCUT2D eigenvalue weighted by Crippen LogP contribution is -1.92. The van der Waals surface area contributed by atoms with Crippen LogP contribution in [0.25, 0.3) is 11.1 Å². The van der Waals surface area contributed by atoms with Crippen molar-refractivity contribution in [2.45, 2.75) is 26.7 Å². The van der Waals surface area contributed by atoms with Crippen LogP contribution in [0.15, 0.2) is 16.5 Å². The Labute approximate surface area is 98.4 Å². The minimum atomic E-state index is -0.0685. The van der Waals surface area contributed by atoms with Gasteiger partial charge in [0.25, 0.3) is 0 Å². The lowest BCUT2D eigenvalue weighted by molar-refractivity contribution is 0.101. The Balaban J connectivity index is 2.65. The second-order valence-electron chi connectivity index (χ2n) is 4.06. The number of carbonyl (C=O) groups is 1. The van der Waals surface area contributed by atoms with Gasteiger partial charge >= 0.3 is 0 Å². The predicted molar refractivity (Wildman–Crippen MR) is 63.1 cm³/mol. The molecule has 0 saturated heterocycles. The highest BCUT2D eigenvalue weighted by atomic mass is 35.5. The molecule has 2 rings (SSSR count). The molecule has 3 nitrogen and oxygen atoms in total. The molecule has 1 aromatic heterocycles.